The van der Waals surface area contributed by atoms with E-state index in [1.807, 2.05) is 31.9 Å². The molecule has 3 fully saturated rings. The van der Waals surface area contributed by atoms with E-state index >= 15 is 0 Å². The van der Waals surface area contributed by atoms with E-state index in [0.717, 1.165) is 37.0 Å². The highest BCUT2D eigenvalue weighted by Crippen LogP contribution is 2.44. The quantitative estimate of drug-likeness (QED) is 0.471. The van der Waals surface area contributed by atoms with Crippen LogP contribution in [0.15, 0.2) is 18.5 Å². The maximum absolute atomic E-state index is 13.8. The van der Waals surface area contributed by atoms with Crippen molar-refractivity contribution in [3.63, 3.8) is 0 Å². The van der Waals surface area contributed by atoms with Gasteiger partial charge in [-0.1, -0.05) is 0 Å². The summed E-state index contributed by atoms with van der Waals surface area (Å²) >= 11 is 0. The molecule has 2 aromatic rings. The molecule has 9 heteroatoms. The van der Waals surface area contributed by atoms with Gasteiger partial charge in [-0.05, 0) is 76.0 Å². The summed E-state index contributed by atoms with van der Waals surface area (Å²) in [5.74, 6) is 0.529. The number of ether oxygens (including phenoxy) is 3. The van der Waals surface area contributed by atoms with Crippen molar-refractivity contribution in [2.75, 3.05) is 33.4 Å². The third-order valence-electron chi connectivity index (χ3n) is 7.24. The van der Waals surface area contributed by atoms with Gasteiger partial charge in [0.1, 0.15) is 11.2 Å². The summed E-state index contributed by atoms with van der Waals surface area (Å²) in [5, 5.41) is 1.20. The van der Waals surface area contributed by atoms with E-state index in [0.29, 0.717) is 32.2 Å². The summed E-state index contributed by atoms with van der Waals surface area (Å²) in [7, 11) is 1.72. The molecule has 3 aliphatic rings. The third kappa shape index (κ3) is 6.09. The number of carbonyl (C=O) groups excluding carboxylic acids is 2. The van der Waals surface area contributed by atoms with Gasteiger partial charge in [0.25, 0.3) is 5.91 Å². The zero-order valence-electron chi connectivity index (χ0n) is 22.6. The van der Waals surface area contributed by atoms with Crippen molar-refractivity contribution in [2.24, 2.45) is 0 Å². The van der Waals surface area contributed by atoms with Crippen LogP contribution in [-0.2, 0) is 32.1 Å². The van der Waals surface area contributed by atoms with Crippen LogP contribution in [0.4, 0.5) is 4.79 Å². The van der Waals surface area contributed by atoms with Crippen LogP contribution in [0.2, 0.25) is 0 Å². The highest BCUT2D eigenvalue weighted by Gasteiger charge is 2.40. The highest BCUT2D eigenvalue weighted by atomic mass is 16.6. The molecule has 2 amide bonds. The Morgan fingerprint density at radius 2 is 2.00 bits per heavy atom. The van der Waals surface area contributed by atoms with Crippen molar-refractivity contribution in [1.82, 2.24) is 19.4 Å². The average Bonchev–Trinajstić information content (AvgIpc) is 3.79. The third-order valence-corrected chi connectivity index (χ3v) is 7.24. The molecule has 2 saturated carbocycles. The zero-order valence-corrected chi connectivity index (χ0v) is 22.6. The van der Waals surface area contributed by atoms with Gasteiger partial charge < -0.3 is 28.6 Å². The van der Waals surface area contributed by atoms with E-state index in [1.165, 1.54) is 23.8 Å². The predicted molar refractivity (Wildman–Crippen MR) is 139 cm³/mol. The number of morpholine rings is 1. The molecule has 1 saturated heterocycles. The Morgan fingerprint density at radius 1 is 1.22 bits per heavy atom. The topological polar surface area (TPSA) is 86.1 Å². The summed E-state index contributed by atoms with van der Waals surface area (Å²) in [5.41, 5.74) is 2.89. The second-order valence-electron chi connectivity index (χ2n) is 11.6. The Morgan fingerprint density at radius 3 is 2.68 bits per heavy atom. The Kier molecular flexibility index (Phi) is 7.45. The van der Waals surface area contributed by atoms with E-state index in [1.54, 1.807) is 12.0 Å². The van der Waals surface area contributed by atoms with E-state index in [2.05, 4.69) is 16.8 Å². The SMILES string of the molecule is COCCCn1cc(CN(C(=O)[C@H]2CN(C(=O)OC(C)(C)C)CCO2)C2CC2)c2c(C3CC3)ccnc21. The molecule has 2 aliphatic carbocycles. The number of carbonyl (C=O) groups is 2. The van der Waals surface area contributed by atoms with Gasteiger partial charge in [0.15, 0.2) is 6.10 Å². The monoisotopic (exact) mass is 512 g/mol. The maximum Gasteiger partial charge on any atom is 0.410 e. The van der Waals surface area contributed by atoms with Gasteiger partial charge in [0.2, 0.25) is 0 Å². The first kappa shape index (κ1) is 26.0. The molecule has 202 valence electrons. The minimum absolute atomic E-state index is 0.0482. The van der Waals surface area contributed by atoms with Crippen LogP contribution in [0.25, 0.3) is 11.0 Å². The van der Waals surface area contributed by atoms with Crippen molar-refractivity contribution in [3.8, 4) is 0 Å². The van der Waals surface area contributed by atoms with Crippen LogP contribution in [-0.4, -0.2) is 82.5 Å². The molecule has 0 radical (unpaired) electrons. The molecule has 0 unspecified atom stereocenters. The molecule has 2 aromatic heterocycles. The molecular weight excluding hydrogens is 472 g/mol. The van der Waals surface area contributed by atoms with Crippen molar-refractivity contribution >= 4 is 23.0 Å². The summed E-state index contributed by atoms with van der Waals surface area (Å²) in [4.78, 5) is 34.8. The van der Waals surface area contributed by atoms with Crippen LogP contribution in [0.1, 0.15) is 69.9 Å². The van der Waals surface area contributed by atoms with Gasteiger partial charge in [-0.15, -0.1) is 0 Å². The standard InChI is InChI=1S/C28H40N4O5/c1-28(2,3)37-27(34)31-13-15-36-23(18-31)26(33)32(21-8-9-21)17-20-16-30(12-5-14-35-4)25-24(20)22(10-11-29-25)19-6-7-19/h10-11,16,19,21,23H,5-9,12-15,17-18H2,1-4H3/t23-/m1/s1. The fourth-order valence-electron chi connectivity index (χ4n) is 5.16. The van der Waals surface area contributed by atoms with Gasteiger partial charge >= 0.3 is 6.09 Å². The number of methoxy groups -OCH3 is 1. The summed E-state index contributed by atoms with van der Waals surface area (Å²) in [6.45, 7) is 8.53. The second-order valence-corrected chi connectivity index (χ2v) is 11.6. The van der Waals surface area contributed by atoms with Crippen LogP contribution >= 0.6 is 0 Å². The fraction of sp³-hybridized carbons (Fsp3) is 0.679. The number of hydrogen-bond donors (Lipinski definition) is 0. The first-order valence-corrected chi connectivity index (χ1v) is 13.6. The lowest BCUT2D eigenvalue weighted by Gasteiger charge is -2.36. The lowest BCUT2D eigenvalue weighted by atomic mass is 10.0. The van der Waals surface area contributed by atoms with Gasteiger partial charge in [-0.3, -0.25) is 4.79 Å². The highest BCUT2D eigenvalue weighted by molar-refractivity contribution is 5.87. The van der Waals surface area contributed by atoms with E-state index in [-0.39, 0.29) is 18.5 Å². The largest absolute Gasteiger partial charge is 0.444 e. The normalized spacial score (nSPS) is 20.3. The summed E-state index contributed by atoms with van der Waals surface area (Å²) in [6.07, 6.45) is 8.31. The minimum atomic E-state index is -0.682. The number of nitrogens with zero attached hydrogens (tertiary/aromatic N) is 4. The number of pyridine rings is 1. The molecule has 37 heavy (non-hydrogen) atoms. The van der Waals surface area contributed by atoms with Crippen LogP contribution in [0, 0.1) is 0 Å². The average molecular weight is 513 g/mol. The molecule has 5 rings (SSSR count). The van der Waals surface area contributed by atoms with E-state index < -0.39 is 17.8 Å². The fourth-order valence-corrected chi connectivity index (χ4v) is 5.16. The Hall–Kier alpha value is -2.65. The Labute approximate surface area is 219 Å². The smallest absolute Gasteiger partial charge is 0.410 e. The Balaban J connectivity index is 1.38. The molecule has 0 N–H and O–H groups in total. The van der Waals surface area contributed by atoms with Gasteiger partial charge in [-0.2, -0.15) is 0 Å². The lowest BCUT2D eigenvalue weighted by Crippen LogP contribution is -2.53. The predicted octanol–water partition coefficient (Wildman–Crippen LogP) is 4.08. The van der Waals surface area contributed by atoms with Crippen molar-refractivity contribution in [3.05, 3.63) is 29.6 Å². The molecular formula is C28H40N4O5. The van der Waals surface area contributed by atoms with Crippen LogP contribution in [0.5, 0.6) is 0 Å². The molecule has 0 bridgehead atoms. The molecule has 0 spiro atoms. The van der Waals surface area contributed by atoms with Crippen molar-refractivity contribution < 1.29 is 23.8 Å². The number of amides is 2. The van der Waals surface area contributed by atoms with Gasteiger partial charge in [-0.25, -0.2) is 9.78 Å². The molecule has 3 heterocycles. The summed E-state index contributed by atoms with van der Waals surface area (Å²) < 4.78 is 18.9. The van der Waals surface area contributed by atoms with E-state index in [4.69, 9.17) is 19.2 Å². The number of rotatable bonds is 9. The number of aromatic nitrogens is 2. The Bertz CT molecular complexity index is 1130. The van der Waals surface area contributed by atoms with Crippen molar-refractivity contribution in [1.29, 1.82) is 0 Å². The van der Waals surface area contributed by atoms with Crippen LogP contribution < -0.4 is 0 Å². The molecule has 1 aliphatic heterocycles. The summed E-state index contributed by atoms with van der Waals surface area (Å²) in [6, 6.07) is 2.36. The van der Waals surface area contributed by atoms with Gasteiger partial charge in [0, 0.05) is 57.2 Å². The molecule has 0 aromatic carbocycles. The first-order chi connectivity index (χ1) is 17.7. The second kappa shape index (κ2) is 10.6. The lowest BCUT2D eigenvalue weighted by molar-refractivity contribution is -0.150. The number of hydrogen-bond acceptors (Lipinski definition) is 6. The zero-order chi connectivity index (χ0) is 26.2. The molecule has 9 nitrogen and oxygen atoms in total. The number of fused-ring (bicyclic) bond motifs is 1. The van der Waals surface area contributed by atoms with Crippen LogP contribution in [0.3, 0.4) is 0 Å². The maximum atomic E-state index is 13.8. The van der Waals surface area contributed by atoms with E-state index in [9.17, 15) is 9.59 Å². The first-order valence-electron chi connectivity index (χ1n) is 13.6. The van der Waals surface area contributed by atoms with Crippen molar-refractivity contribution in [2.45, 2.75) is 89.6 Å². The van der Waals surface area contributed by atoms with Gasteiger partial charge in [0.05, 0.1) is 13.2 Å². The molecule has 1 atom stereocenters. The minimum Gasteiger partial charge on any atom is -0.444 e. The number of aryl methyl sites for hydroxylation is 1.